The van der Waals surface area contributed by atoms with Crippen molar-refractivity contribution in [3.63, 3.8) is 0 Å². The van der Waals surface area contributed by atoms with E-state index in [0.29, 0.717) is 37.6 Å². The van der Waals surface area contributed by atoms with E-state index in [4.69, 9.17) is 9.47 Å². The number of amides is 2. The lowest BCUT2D eigenvalue weighted by Crippen LogP contribution is -2.45. The second-order valence-electron chi connectivity index (χ2n) is 6.76. The third-order valence-electron chi connectivity index (χ3n) is 4.81. The normalized spacial score (nSPS) is 18.7. The van der Waals surface area contributed by atoms with Crippen molar-refractivity contribution in [1.82, 2.24) is 9.88 Å². The number of cyclic esters (lactones) is 1. The number of nitrogens with one attached hydrogen (secondary N) is 1. The molecular weight excluding hydrogens is 346 g/mol. The van der Waals surface area contributed by atoms with Crippen molar-refractivity contribution in [2.75, 3.05) is 18.4 Å². The summed E-state index contributed by atoms with van der Waals surface area (Å²) >= 11 is 0. The second kappa shape index (κ2) is 7.75. The van der Waals surface area contributed by atoms with Crippen molar-refractivity contribution in [3.8, 4) is 0 Å². The van der Waals surface area contributed by atoms with Gasteiger partial charge in [0.2, 0.25) is 0 Å². The zero-order valence-corrected chi connectivity index (χ0v) is 14.9. The summed E-state index contributed by atoms with van der Waals surface area (Å²) in [6.45, 7) is 2.01. The van der Waals surface area contributed by atoms with E-state index in [9.17, 15) is 9.59 Å². The number of carbonyl (C=O) groups excluding carboxylic acids is 2. The molecule has 0 spiro atoms. The molecular formula is C20H21N3O4. The average Bonchev–Trinajstić information content (AvgIpc) is 3.08. The molecule has 0 radical (unpaired) electrons. The molecule has 1 fully saturated rings. The van der Waals surface area contributed by atoms with Crippen LogP contribution in [0.1, 0.15) is 34.3 Å². The van der Waals surface area contributed by atoms with E-state index in [1.54, 1.807) is 29.4 Å². The first-order valence-electron chi connectivity index (χ1n) is 9.05. The molecule has 1 atom stereocenters. The monoisotopic (exact) mass is 367 g/mol. The molecule has 2 aromatic rings. The van der Waals surface area contributed by atoms with Crippen LogP contribution >= 0.6 is 0 Å². The Bertz CT molecular complexity index is 840. The zero-order valence-electron chi connectivity index (χ0n) is 14.9. The number of carbonyl (C=O) groups is 2. The minimum Gasteiger partial charge on any atom is -0.457 e. The van der Waals surface area contributed by atoms with Gasteiger partial charge in [0.05, 0.1) is 18.3 Å². The topological polar surface area (TPSA) is 80.8 Å². The number of benzene rings is 1. The van der Waals surface area contributed by atoms with Crippen molar-refractivity contribution in [1.29, 1.82) is 0 Å². The SMILES string of the molecule is O=C1OCc2ccc(NC(=O)N3CCCC(OCc4cccnc4)C3)cc21. The number of anilines is 1. The maximum absolute atomic E-state index is 12.6. The molecule has 27 heavy (non-hydrogen) atoms. The molecule has 1 aromatic heterocycles. The van der Waals surface area contributed by atoms with Crippen LogP contribution in [0.2, 0.25) is 0 Å². The highest BCUT2D eigenvalue weighted by atomic mass is 16.5. The number of hydrogen-bond acceptors (Lipinski definition) is 5. The van der Waals surface area contributed by atoms with Crippen molar-refractivity contribution in [3.05, 3.63) is 59.4 Å². The van der Waals surface area contributed by atoms with Crippen LogP contribution in [0.4, 0.5) is 10.5 Å². The van der Waals surface area contributed by atoms with Gasteiger partial charge in [0.1, 0.15) is 6.61 Å². The third kappa shape index (κ3) is 4.09. The Morgan fingerprint density at radius 1 is 1.37 bits per heavy atom. The highest BCUT2D eigenvalue weighted by molar-refractivity contribution is 5.96. The number of piperidine rings is 1. The predicted molar refractivity (Wildman–Crippen MR) is 98.2 cm³/mol. The zero-order chi connectivity index (χ0) is 18.6. The summed E-state index contributed by atoms with van der Waals surface area (Å²) in [5.74, 6) is -0.345. The number of ether oxygens (including phenoxy) is 2. The predicted octanol–water partition coefficient (Wildman–Crippen LogP) is 2.97. The van der Waals surface area contributed by atoms with Gasteiger partial charge in [0, 0.05) is 36.7 Å². The van der Waals surface area contributed by atoms with E-state index < -0.39 is 0 Å². The molecule has 2 amide bonds. The van der Waals surface area contributed by atoms with Crippen LogP contribution < -0.4 is 5.32 Å². The fourth-order valence-corrected chi connectivity index (χ4v) is 3.35. The molecule has 140 valence electrons. The van der Waals surface area contributed by atoms with Crippen molar-refractivity contribution in [2.45, 2.75) is 32.2 Å². The first-order chi connectivity index (χ1) is 13.2. The number of urea groups is 1. The highest BCUT2D eigenvalue weighted by Crippen LogP contribution is 2.24. The van der Waals surface area contributed by atoms with E-state index in [-0.39, 0.29) is 18.1 Å². The van der Waals surface area contributed by atoms with Crippen LogP contribution in [-0.2, 0) is 22.7 Å². The molecule has 1 aromatic carbocycles. The first kappa shape index (κ1) is 17.5. The van der Waals surface area contributed by atoms with E-state index in [1.807, 2.05) is 18.2 Å². The number of nitrogens with zero attached hydrogens (tertiary/aromatic N) is 2. The quantitative estimate of drug-likeness (QED) is 0.841. The van der Waals surface area contributed by atoms with Crippen molar-refractivity contribution >= 4 is 17.7 Å². The largest absolute Gasteiger partial charge is 0.457 e. The van der Waals surface area contributed by atoms with Gasteiger partial charge in [-0.2, -0.15) is 0 Å². The molecule has 1 N–H and O–H groups in total. The smallest absolute Gasteiger partial charge is 0.338 e. The molecule has 7 heteroatoms. The number of rotatable bonds is 4. The summed E-state index contributed by atoms with van der Waals surface area (Å²) < 4.78 is 10.9. The van der Waals surface area contributed by atoms with Gasteiger partial charge >= 0.3 is 12.0 Å². The maximum atomic E-state index is 12.6. The van der Waals surface area contributed by atoms with Crippen molar-refractivity contribution < 1.29 is 19.1 Å². The number of aromatic nitrogens is 1. The Balaban J connectivity index is 1.33. The number of esters is 1. The summed E-state index contributed by atoms with van der Waals surface area (Å²) in [5.41, 5.74) is 2.98. The lowest BCUT2D eigenvalue weighted by Gasteiger charge is -2.32. The average molecular weight is 367 g/mol. The van der Waals surface area contributed by atoms with Gasteiger partial charge in [-0.05, 0) is 36.6 Å². The summed E-state index contributed by atoms with van der Waals surface area (Å²) in [7, 11) is 0. The van der Waals surface area contributed by atoms with E-state index >= 15 is 0 Å². The summed E-state index contributed by atoms with van der Waals surface area (Å²) in [6.07, 6.45) is 5.33. The molecule has 0 aliphatic carbocycles. The maximum Gasteiger partial charge on any atom is 0.338 e. The number of likely N-dealkylation sites (tertiary alicyclic amines) is 1. The van der Waals surface area contributed by atoms with Gasteiger partial charge in [-0.1, -0.05) is 12.1 Å². The van der Waals surface area contributed by atoms with Gasteiger partial charge in [0.15, 0.2) is 0 Å². The Morgan fingerprint density at radius 3 is 3.15 bits per heavy atom. The third-order valence-corrected chi connectivity index (χ3v) is 4.81. The van der Waals surface area contributed by atoms with Crippen LogP contribution in [-0.4, -0.2) is 41.1 Å². The number of fused-ring (bicyclic) bond motifs is 1. The summed E-state index contributed by atoms with van der Waals surface area (Å²) in [6, 6.07) is 8.94. The molecule has 0 bridgehead atoms. The Labute approximate surface area is 157 Å². The van der Waals surface area contributed by atoms with Crippen LogP contribution in [0.3, 0.4) is 0 Å². The van der Waals surface area contributed by atoms with Crippen LogP contribution in [0.25, 0.3) is 0 Å². The van der Waals surface area contributed by atoms with Crippen LogP contribution in [0.5, 0.6) is 0 Å². The van der Waals surface area contributed by atoms with E-state index in [0.717, 1.165) is 24.0 Å². The van der Waals surface area contributed by atoms with Gasteiger partial charge in [-0.25, -0.2) is 9.59 Å². The summed E-state index contributed by atoms with van der Waals surface area (Å²) in [4.78, 5) is 30.1. The second-order valence-corrected chi connectivity index (χ2v) is 6.76. The molecule has 2 aliphatic heterocycles. The highest BCUT2D eigenvalue weighted by Gasteiger charge is 2.25. The Morgan fingerprint density at radius 2 is 2.30 bits per heavy atom. The molecule has 1 unspecified atom stereocenters. The fourth-order valence-electron chi connectivity index (χ4n) is 3.35. The summed E-state index contributed by atoms with van der Waals surface area (Å²) in [5, 5.41) is 2.87. The van der Waals surface area contributed by atoms with Gasteiger partial charge in [0.25, 0.3) is 0 Å². The van der Waals surface area contributed by atoms with Gasteiger partial charge in [-0.15, -0.1) is 0 Å². The number of pyridine rings is 1. The fraction of sp³-hybridized carbons (Fsp3) is 0.350. The Kier molecular flexibility index (Phi) is 5.02. The Hall–Kier alpha value is -2.93. The lowest BCUT2D eigenvalue weighted by molar-refractivity contribution is 0.000916. The van der Waals surface area contributed by atoms with Gasteiger partial charge in [-0.3, -0.25) is 4.98 Å². The molecule has 0 saturated carbocycles. The standard InChI is InChI=1S/C20H21N3O4/c24-19-18-9-16(6-5-15(18)13-27-19)22-20(25)23-8-2-4-17(11-23)26-12-14-3-1-7-21-10-14/h1,3,5-7,9-10,17H,2,4,8,11-13H2,(H,22,25). The van der Waals surface area contributed by atoms with E-state index in [1.165, 1.54) is 0 Å². The molecule has 2 aliphatic rings. The molecule has 3 heterocycles. The minimum atomic E-state index is -0.345. The lowest BCUT2D eigenvalue weighted by atomic mass is 10.1. The molecule has 7 nitrogen and oxygen atoms in total. The number of hydrogen-bond donors (Lipinski definition) is 1. The van der Waals surface area contributed by atoms with Crippen LogP contribution in [0, 0.1) is 0 Å². The molecule has 1 saturated heterocycles. The minimum absolute atomic E-state index is 0.000274. The van der Waals surface area contributed by atoms with Gasteiger partial charge < -0.3 is 19.7 Å². The molecule has 4 rings (SSSR count). The first-order valence-corrected chi connectivity index (χ1v) is 9.05. The van der Waals surface area contributed by atoms with Crippen LogP contribution in [0.15, 0.2) is 42.7 Å². The van der Waals surface area contributed by atoms with E-state index in [2.05, 4.69) is 10.3 Å². The van der Waals surface area contributed by atoms with Crippen molar-refractivity contribution in [2.24, 2.45) is 0 Å².